The Labute approximate surface area is 134 Å². The molecule has 0 fully saturated rings. The van der Waals surface area contributed by atoms with Crippen LogP contribution in [0, 0.1) is 5.41 Å². The van der Waals surface area contributed by atoms with Crippen molar-refractivity contribution in [3.63, 3.8) is 0 Å². The fraction of sp³-hybridized carbons (Fsp3) is 0.385. The van der Waals surface area contributed by atoms with Crippen molar-refractivity contribution < 1.29 is 14.3 Å². The summed E-state index contributed by atoms with van der Waals surface area (Å²) in [6.45, 7) is 5.07. The minimum absolute atomic E-state index is 0.190. The van der Waals surface area contributed by atoms with Crippen molar-refractivity contribution in [1.29, 1.82) is 0 Å². The van der Waals surface area contributed by atoms with Gasteiger partial charge in [0.25, 0.3) is 5.91 Å². The lowest BCUT2D eigenvalue weighted by atomic mass is 9.96. The predicted octanol–water partition coefficient (Wildman–Crippen LogP) is 2.78. The van der Waals surface area contributed by atoms with Gasteiger partial charge in [0.05, 0.1) is 4.47 Å². The Morgan fingerprint density at radius 1 is 1.20 bits per heavy atom. The first kappa shape index (κ1) is 17.0. The molecule has 110 valence electrons. The number of ether oxygens (including phenoxy) is 1. The molecule has 7 heteroatoms. The highest BCUT2D eigenvalue weighted by atomic mass is 79.9. The van der Waals surface area contributed by atoms with Gasteiger partial charge < -0.3 is 4.74 Å². The number of rotatable bonds is 3. The zero-order valence-corrected chi connectivity index (χ0v) is 14.6. The lowest BCUT2D eigenvalue weighted by Gasteiger charge is -2.18. The minimum atomic E-state index is -0.567. The van der Waals surface area contributed by atoms with Crippen LogP contribution in [-0.4, -0.2) is 18.4 Å². The first-order valence-corrected chi connectivity index (χ1v) is 7.46. The molecule has 0 radical (unpaired) electrons. The fourth-order valence-electron chi connectivity index (χ4n) is 1.09. The molecule has 0 saturated heterocycles. The second kappa shape index (κ2) is 7.08. The maximum atomic E-state index is 11.6. The molecule has 0 aromatic heterocycles. The van der Waals surface area contributed by atoms with E-state index in [1.54, 1.807) is 32.9 Å². The van der Waals surface area contributed by atoms with Crippen LogP contribution in [0.1, 0.15) is 20.8 Å². The standard InChI is InChI=1S/C13H16Br2N2O3/c1-13(2,3)12(19)17-16-11(18)7-20-10-5-4-8(14)6-9(10)15/h4-6H,7H2,1-3H3,(H,16,18)(H,17,19). The van der Waals surface area contributed by atoms with Crippen LogP contribution in [0.5, 0.6) is 5.75 Å². The van der Waals surface area contributed by atoms with Gasteiger partial charge in [0.15, 0.2) is 6.61 Å². The van der Waals surface area contributed by atoms with Gasteiger partial charge >= 0.3 is 0 Å². The van der Waals surface area contributed by atoms with Gasteiger partial charge in [-0.2, -0.15) is 0 Å². The quantitative estimate of drug-likeness (QED) is 0.757. The van der Waals surface area contributed by atoms with Crippen LogP contribution in [0.15, 0.2) is 27.1 Å². The smallest absolute Gasteiger partial charge is 0.276 e. The Kier molecular flexibility index (Phi) is 6.01. The van der Waals surface area contributed by atoms with E-state index in [9.17, 15) is 9.59 Å². The molecule has 0 saturated carbocycles. The molecule has 0 heterocycles. The van der Waals surface area contributed by atoms with E-state index in [2.05, 4.69) is 42.7 Å². The van der Waals surface area contributed by atoms with Crippen molar-refractivity contribution in [2.75, 3.05) is 6.61 Å². The molecule has 1 aromatic carbocycles. The predicted molar refractivity (Wildman–Crippen MR) is 83.1 cm³/mol. The van der Waals surface area contributed by atoms with Crippen molar-refractivity contribution in [3.05, 3.63) is 27.1 Å². The molecule has 0 unspecified atom stereocenters. The molecule has 2 N–H and O–H groups in total. The van der Waals surface area contributed by atoms with Gasteiger partial charge in [-0.3, -0.25) is 20.4 Å². The maximum Gasteiger partial charge on any atom is 0.276 e. The van der Waals surface area contributed by atoms with E-state index in [1.165, 1.54) is 0 Å². The summed E-state index contributed by atoms with van der Waals surface area (Å²) < 4.78 is 6.98. The second-order valence-electron chi connectivity index (χ2n) is 5.12. The average Bonchev–Trinajstić information content (AvgIpc) is 2.33. The summed E-state index contributed by atoms with van der Waals surface area (Å²) in [6, 6.07) is 5.35. The van der Waals surface area contributed by atoms with Gasteiger partial charge in [-0.1, -0.05) is 36.7 Å². The zero-order chi connectivity index (χ0) is 15.3. The van der Waals surface area contributed by atoms with Crippen LogP contribution in [0.4, 0.5) is 0 Å². The highest BCUT2D eigenvalue weighted by Gasteiger charge is 2.21. The van der Waals surface area contributed by atoms with Crippen LogP contribution in [0.25, 0.3) is 0 Å². The average molecular weight is 408 g/mol. The Morgan fingerprint density at radius 2 is 1.85 bits per heavy atom. The number of halogens is 2. The lowest BCUT2D eigenvalue weighted by Crippen LogP contribution is -2.48. The number of carbonyl (C=O) groups excluding carboxylic acids is 2. The molecule has 1 rings (SSSR count). The Balaban J connectivity index is 2.42. The van der Waals surface area contributed by atoms with Crippen LogP contribution in [0.2, 0.25) is 0 Å². The van der Waals surface area contributed by atoms with E-state index in [0.29, 0.717) is 5.75 Å². The number of benzene rings is 1. The van der Waals surface area contributed by atoms with E-state index in [-0.39, 0.29) is 12.5 Å². The molecule has 0 aliphatic carbocycles. The maximum absolute atomic E-state index is 11.6. The van der Waals surface area contributed by atoms with E-state index >= 15 is 0 Å². The highest BCUT2D eigenvalue weighted by Crippen LogP contribution is 2.27. The van der Waals surface area contributed by atoms with E-state index < -0.39 is 11.3 Å². The normalized spacial score (nSPS) is 10.8. The van der Waals surface area contributed by atoms with Crippen molar-refractivity contribution in [2.45, 2.75) is 20.8 Å². The van der Waals surface area contributed by atoms with Crippen molar-refractivity contribution >= 4 is 43.7 Å². The van der Waals surface area contributed by atoms with E-state index in [1.807, 2.05) is 6.07 Å². The molecular formula is C13H16Br2N2O3. The summed E-state index contributed by atoms with van der Waals surface area (Å²) in [4.78, 5) is 23.1. The summed E-state index contributed by atoms with van der Waals surface area (Å²) in [6.07, 6.45) is 0. The highest BCUT2D eigenvalue weighted by molar-refractivity contribution is 9.11. The first-order valence-electron chi connectivity index (χ1n) is 5.87. The summed E-state index contributed by atoms with van der Waals surface area (Å²) in [7, 11) is 0. The van der Waals surface area contributed by atoms with Gasteiger partial charge in [0, 0.05) is 9.89 Å². The number of nitrogens with one attached hydrogen (secondary N) is 2. The zero-order valence-electron chi connectivity index (χ0n) is 11.4. The SMILES string of the molecule is CC(C)(C)C(=O)NNC(=O)COc1ccc(Br)cc1Br. The molecule has 1 aromatic rings. The Bertz CT molecular complexity index is 513. The van der Waals surface area contributed by atoms with Gasteiger partial charge in [-0.15, -0.1) is 0 Å². The number of hydrogen-bond acceptors (Lipinski definition) is 3. The molecular weight excluding hydrogens is 392 g/mol. The van der Waals surface area contributed by atoms with Gasteiger partial charge in [-0.05, 0) is 34.1 Å². The van der Waals surface area contributed by atoms with Gasteiger partial charge in [0.1, 0.15) is 5.75 Å². The summed E-state index contributed by atoms with van der Waals surface area (Å²) in [5, 5.41) is 0. The minimum Gasteiger partial charge on any atom is -0.483 e. The van der Waals surface area contributed by atoms with Crippen LogP contribution >= 0.6 is 31.9 Å². The topological polar surface area (TPSA) is 67.4 Å². The molecule has 0 atom stereocenters. The monoisotopic (exact) mass is 406 g/mol. The third-order valence-electron chi connectivity index (χ3n) is 2.25. The third-order valence-corrected chi connectivity index (χ3v) is 3.36. The Morgan fingerprint density at radius 3 is 2.40 bits per heavy atom. The molecule has 2 amide bonds. The van der Waals surface area contributed by atoms with Crippen molar-refractivity contribution in [1.82, 2.24) is 10.9 Å². The third kappa shape index (κ3) is 5.50. The number of hydrazine groups is 1. The van der Waals surface area contributed by atoms with Gasteiger partial charge in [0.2, 0.25) is 5.91 Å². The molecule has 0 aliphatic rings. The lowest BCUT2D eigenvalue weighted by molar-refractivity contribution is -0.134. The largest absolute Gasteiger partial charge is 0.483 e. The van der Waals surface area contributed by atoms with Gasteiger partial charge in [-0.25, -0.2) is 0 Å². The number of amides is 2. The molecule has 0 spiro atoms. The van der Waals surface area contributed by atoms with E-state index in [0.717, 1.165) is 8.95 Å². The van der Waals surface area contributed by atoms with Crippen LogP contribution in [0.3, 0.4) is 0 Å². The number of carbonyl (C=O) groups is 2. The van der Waals surface area contributed by atoms with E-state index in [4.69, 9.17) is 4.74 Å². The second-order valence-corrected chi connectivity index (χ2v) is 6.89. The van der Waals surface area contributed by atoms with Crippen LogP contribution in [-0.2, 0) is 9.59 Å². The van der Waals surface area contributed by atoms with Crippen molar-refractivity contribution in [3.8, 4) is 5.75 Å². The molecule has 0 bridgehead atoms. The number of hydrogen-bond donors (Lipinski definition) is 2. The summed E-state index contributed by atoms with van der Waals surface area (Å²) in [5.41, 5.74) is 4.08. The fourth-order valence-corrected chi connectivity index (χ4v) is 2.25. The summed E-state index contributed by atoms with van der Waals surface area (Å²) in [5.74, 6) is -0.154. The summed E-state index contributed by atoms with van der Waals surface area (Å²) >= 11 is 6.65. The first-order chi connectivity index (χ1) is 9.20. The van der Waals surface area contributed by atoms with Crippen LogP contribution < -0.4 is 15.6 Å². The Hall–Kier alpha value is -1.08. The molecule has 0 aliphatic heterocycles. The van der Waals surface area contributed by atoms with Crippen molar-refractivity contribution in [2.24, 2.45) is 5.41 Å². The molecule has 5 nitrogen and oxygen atoms in total. The molecule has 20 heavy (non-hydrogen) atoms.